The van der Waals surface area contributed by atoms with Gasteiger partial charge >= 0.3 is 0 Å². The van der Waals surface area contributed by atoms with Gasteiger partial charge in [0.2, 0.25) is 0 Å². The molecule has 1 heterocycles. The van der Waals surface area contributed by atoms with Crippen molar-refractivity contribution in [1.82, 2.24) is 15.1 Å². The summed E-state index contributed by atoms with van der Waals surface area (Å²) in [6.07, 6.45) is 3.56. The van der Waals surface area contributed by atoms with E-state index in [1.54, 1.807) is 7.11 Å². The zero-order valence-electron chi connectivity index (χ0n) is 12.4. The maximum atomic E-state index is 11.9. The van der Waals surface area contributed by atoms with Crippen LogP contribution in [-0.4, -0.2) is 47.7 Å². The Morgan fingerprint density at radius 3 is 2.81 bits per heavy atom. The number of unbranched alkanes of at least 4 members (excludes halogenated alkanes) is 3. The van der Waals surface area contributed by atoms with Crippen LogP contribution in [-0.2, 0) is 11.3 Å². The van der Waals surface area contributed by atoms with Gasteiger partial charge in [0.1, 0.15) is 5.69 Å². The number of carbonyl (C=O) groups is 1. The molecule has 1 aromatic heterocycles. The Morgan fingerprint density at radius 2 is 2.10 bits per heavy atom. The van der Waals surface area contributed by atoms with Gasteiger partial charge in [-0.3, -0.25) is 9.59 Å². The highest BCUT2D eigenvalue weighted by molar-refractivity contribution is 5.91. The number of aliphatic hydroxyl groups excluding tert-OH is 1. The van der Waals surface area contributed by atoms with Crippen LogP contribution >= 0.6 is 0 Å². The summed E-state index contributed by atoms with van der Waals surface area (Å²) < 4.78 is 6.12. The van der Waals surface area contributed by atoms with Crippen molar-refractivity contribution >= 4 is 5.91 Å². The molecule has 1 rings (SSSR count). The first-order valence-electron chi connectivity index (χ1n) is 7.15. The fourth-order valence-electron chi connectivity index (χ4n) is 1.79. The Kier molecular flexibility index (Phi) is 8.30. The van der Waals surface area contributed by atoms with Gasteiger partial charge in [0, 0.05) is 26.3 Å². The van der Waals surface area contributed by atoms with Crippen molar-refractivity contribution in [2.45, 2.75) is 32.2 Å². The Morgan fingerprint density at radius 1 is 1.33 bits per heavy atom. The largest absolute Gasteiger partial charge is 0.396 e. The molecule has 21 heavy (non-hydrogen) atoms. The van der Waals surface area contributed by atoms with E-state index in [0.29, 0.717) is 19.7 Å². The van der Waals surface area contributed by atoms with E-state index in [4.69, 9.17) is 9.84 Å². The van der Waals surface area contributed by atoms with Gasteiger partial charge in [-0.05, 0) is 18.9 Å². The molecule has 7 nitrogen and oxygen atoms in total. The molecule has 2 N–H and O–H groups in total. The molecule has 0 radical (unpaired) electrons. The third kappa shape index (κ3) is 6.50. The Balaban J connectivity index is 2.44. The molecule has 0 aliphatic heterocycles. The number of methoxy groups -OCH3 is 1. The molecule has 118 valence electrons. The second-order valence-corrected chi connectivity index (χ2v) is 4.67. The summed E-state index contributed by atoms with van der Waals surface area (Å²) in [7, 11) is 1.54. The fraction of sp³-hybridized carbons (Fsp3) is 0.643. The van der Waals surface area contributed by atoms with Crippen LogP contribution in [0.2, 0.25) is 0 Å². The summed E-state index contributed by atoms with van der Waals surface area (Å²) in [5.74, 6) is -0.289. The lowest BCUT2D eigenvalue weighted by atomic mass is 10.2. The van der Waals surface area contributed by atoms with E-state index in [1.165, 1.54) is 16.8 Å². The van der Waals surface area contributed by atoms with Crippen LogP contribution in [0.5, 0.6) is 0 Å². The summed E-state index contributed by atoms with van der Waals surface area (Å²) in [5.41, 5.74) is -0.0336. The summed E-state index contributed by atoms with van der Waals surface area (Å²) in [5, 5.41) is 15.4. The van der Waals surface area contributed by atoms with Gasteiger partial charge in [0.05, 0.1) is 13.2 Å². The zero-order valence-corrected chi connectivity index (χ0v) is 12.4. The first-order chi connectivity index (χ1) is 10.2. The Labute approximate surface area is 123 Å². The van der Waals surface area contributed by atoms with Gasteiger partial charge in [0.25, 0.3) is 11.5 Å². The summed E-state index contributed by atoms with van der Waals surface area (Å²) in [6, 6.07) is 2.76. The van der Waals surface area contributed by atoms with Gasteiger partial charge in [0.15, 0.2) is 0 Å². The third-order valence-electron chi connectivity index (χ3n) is 2.98. The van der Waals surface area contributed by atoms with Gasteiger partial charge in [-0.15, -0.1) is 0 Å². The summed E-state index contributed by atoms with van der Waals surface area (Å²) in [4.78, 5) is 23.5. The highest BCUT2D eigenvalue weighted by atomic mass is 16.5. The lowest BCUT2D eigenvalue weighted by Gasteiger charge is -2.07. The molecule has 0 saturated heterocycles. The lowest BCUT2D eigenvalue weighted by Crippen LogP contribution is -2.30. The summed E-state index contributed by atoms with van der Waals surface area (Å²) in [6.45, 7) is 1.45. The average molecular weight is 297 g/mol. The van der Waals surface area contributed by atoms with Crippen LogP contribution in [0.25, 0.3) is 0 Å². The number of ether oxygens (including phenoxy) is 1. The number of aliphatic hydroxyl groups is 1. The van der Waals surface area contributed by atoms with Crippen LogP contribution in [0.4, 0.5) is 0 Å². The molecular weight excluding hydrogens is 274 g/mol. The van der Waals surface area contributed by atoms with Gasteiger partial charge in [-0.25, -0.2) is 4.68 Å². The minimum atomic E-state index is -0.289. The molecule has 7 heteroatoms. The lowest BCUT2D eigenvalue weighted by molar-refractivity contribution is 0.0944. The standard InChI is InChI=1S/C14H23N3O4/c1-21-11-9-17-13(19)7-6-12(16-17)14(20)15-8-4-2-3-5-10-18/h6-7,18H,2-5,8-11H2,1H3,(H,15,20). The van der Waals surface area contributed by atoms with Crippen LogP contribution in [0, 0.1) is 0 Å². The molecule has 0 aliphatic carbocycles. The van der Waals surface area contributed by atoms with Crippen molar-refractivity contribution in [3.05, 3.63) is 28.2 Å². The van der Waals surface area contributed by atoms with E-state index in [9.17, 15) is 9.59 Å². The van der Waals surface area contributed by atoms with E-state index in [0.717, 1.165) is 25.7 Å². The van der Waals surface area contributed by atoms with Crippen molar-refractivity contribution in [2.75, 3.05) is 26.9 Å². The monoisotopic (exact) mass is 297 g/mol. The number of amides is 1. The number of hydrogen-bond donors (Lipinski definition) is 2. The molecule has 0 saturated carbocycles. The van der Waals surface area contributed by atoms with Crippen molar-refractivity contribution in [2.24, 2.45) is 0 Å². The maximum Gasteiger partial charge on any atom is 0.271 e. The SMILES string of the molecule is COCCn1nc(C(=O)NCCCCCCO)ccc1=O. The van der Waals surface area contributed by atoms with E-state index >= 15 is 0 Å². The van der Waals surface area contributed by atoms with Crippen molar-refractivity contribution in [3.63, 3.8) is 0 Å². The summed E-state index contributed by atoms with van der Waals surface area (Å²) >= 11 is 0. The van der Waals surface area contributed by atoms with Crippen molar-refractivity contribution in [3.8, 4) is 0 Å². The molecule has 1 aromatic rings. The first kappa shape index (κ1) is 17.3. The molecule has 0 fully saturated rings. The van der Waals surface area contributed by atoms with E-state index in [2.05, 4.69) is 10.4 Å². The predicted octanol–water partition coefficient (Wildman–Crippen LogP) is 0.172. The number of carbonyl (C=O) groups excluding carboxylic acids is 1. The van der Waals surface area contributed by atoms with Crippen LogP contribution in [0.1, 0.15) is 36.2 Å². The highest BCUT2D eigenvalue weighted by Crippen LogP contribution is 1.98. The van der Waals surface area contributed by atoms with Gasteiger partial charge in [-0.1, -0.05) is 12.8 Å². The van der Waals surface area contributed by atoms with E-state index in [-0.39, 0.29) is 23.8 Å². The second kappa shape index (κ2) is 10.1. The topological polar surface area (TPSA) is 93.5 Å². The van der Waals surface area contributed by atoms with E-state index < -0.39 is 0 Å². The Bertz CT molecular complexity index is 487. The third-order valence-corrected chi connectivity index (χ3v) is 2.98. The second-order valence-electron chi connectivity index (χ2n) is 4.67. The van der Waals surface area contributed by atoms with Crippen LogP contribution in [0.3, 0.4) is 0 Å². The number of aromatic nitrogens is 2. The number of hydrogen-bond acceptors (Lipinski definition) is 5. The molecule has 1 amide bonds. The molecule has 0 bridgehead atoms. The molecule has 0 atom stereocenters. The first-order valence-corrected chi connectivity index (χ1v) is 7.15. The number of nitrogens with zero attached hydrogens (tertiary/aromatic N) is 2. The number of rotatable bonds is 10. The van der Waals surface area contributed by atoms with Gasteiger partial charge in [-0.2, -0.15) is 5.10 Å². The number of nitrogens with one attached hydrogen (secondary N) is 1. The van der Waals surface area contributed by atoms with Gasteiger partial charge < -0.3 is 15.2 Å². The normalized spacial score (nSPS) is 10.6. The maximum absolute atomic E-state index is 11.9. The molecule has 0 aromatic carbocycles. The smallest absolute Gasteiger partial charge is 0.271 e. The average Bonchev–Trinajstić information content (AvgIpc) is 2.49. The van der Waals surface area contributed by atoms with E-state index in [1.807, 2.05) is 0 Å². The van der Waals surface area contributed by atoms with Crippen LogP contribution in [0.15, 0.2) is 16.9 Å². The predicted molar refractivity (Wildman–Crippen MR) is 78.3 cm³/mol. The minimum absolute atomic E-state index is 0.208. The Hall–Kier alpha value is -1.73. The van der Waals surface area contributed by atoms with Crippen LogP contribution < -0.4 is 10.9 Å². The van der Waals surface area contributed by atoms with Crippen molar-refractivity contribution in [1.29, 1.82) is 0 Å². The molecule has 0 unspecified atom stereocenters. The minimum Gasteiger partial charge on any atom is -0.396 e. The quantitative estimate of drug-likeness (QED) is 0.601. The molecule has 0 spiro atoms. The molecular formula is C14H23N3O4. The van der Waals surface area contributed by atoms with Crippen molar-refractivity contribution < 1.29 is 14.6 Å². The zero-order chi connectivity index (χ0) is 15.5. The highest BCUT2D eigenvalue weighted by Gasteiger charge is 2.08. The molecule has 0 aliphatic rings. The fourth-order valence-corrected chi connectivity index (χ4v) is 1.79.